The molecule has 0 bridgehead atoms. The lowest BCUT2D eigenvalue weighted by atomic mass is 10.5. The normalized spacial score (nSPS) is 23.6. The zero-order valence-corrected chi connectivity index (χ0v) is 10.0. The lowest BCUT2D eigenvalue weighted by Gasteiger charge is -2.33. The van der Waals surface area contributed by atoms with Crippen LogP contribution in [0.15, 0.2) is 0 Å². The van der Waals surface area contributed by atoms with Gasteiger partial charge in [0.2, 0.25) is 5.91 Å². The molecule has 1 unspecified atom stereocenters. The van der Waals surface area contributed by atoms with Crippen LogP contribution in [-0.2, 0) is 14.6 Å². The van der Waals surface area contributed by atoms with E-state index < -0.39 is 15.2 Å². The van der Waals surface area contributed by atoms with Crippen LogP contribution in [0.4, 0.5) is 0 Å². The Labute approximate surface area is 89.0 Å². The van der Waals surface area contributed by atoms with Crippen LogP contribution in [0.25, 0.3) is 0 Å². The van der Waals surface area contributed by atoms with Gasteiger partial charge in [-0.05, 0) is 0 Å². The van der Waals surface area contributed by atoms with E-state index in [-0.39, 0.29) is 11.7 Å². The summed E-state index contributed by atoms with van der Waals surface area (Å²) in [7, 11) is -3.13. The number of carbonyl (C=O) groups excluding carboxylic acids is 1. The molecule has 1 amide bonds. The molecule has 1 fully saturated rings. The molecule has 82 valence electrons. The highest BCUT2D eigenvalue weighted by Gasteiger charge is 2.33. The van der Waals surface area contributed by atoms with Crippen molar-refractivity contribution >= 4 is 27.5 Å². The SMILES string of the molecule is CCS(=O)(=O)C1CSCCN1C(C)=O. The molecule has 1 saturated heterocycles. The van der Waals surface area contributed by atoms with Gasteiger partial charge in [0.15, 0.2) is 9.84 Å². The van der Waals surface area contributed by atoms with Gasteiger partial charge in [0, 0.05) is 30.7 Å². The molecule has 0 N–H and O–H groups in total. The zero-order valence-electron chi connectivity index (χ0n) is 8.39. The second kappa shape index (κ2) is 4.53. The van der Waals surface area contributed by atoms with Crippen molar-refractivity contribution in [3.05, 3.63) is 0 Å². The third-order valence-electron chi connectivity index (χ3n) is 2.31. The largest absolute Gasteiger partial charge is 0.324 e. The quantitative estimate of drug-likeness (QED) is 0.695. The molecule has 1 aliphatic rings. The summed E-state index contributed by atoms with van der Waals surface area (Å²) in [6, 6.07) is 0. The molecule has 1 heterocycles. The van der Waals surface area contributed by atoms with Gasteiger partial charge in [0.05, 0.1) is 0 Å². The van der Waals surface area contributed by atoms with Gasteiger partial charge in [0.1, 0.15) is 5.37 Å². The van der Waals surface area contributed by atoms with Crippen LogP contribution in [-0.4, -0.2) is 48.4 Å². The lowest BCUT2D eigenvalue weighted by molar-refractivity contribution is -0.129. The molecule has 0 aromatic rings. The van der Waals surface area contributed by atoms with Crippen LogP contribution in [0.3, 0.4) is 0 Å². The Morgan fingerprint density at radius 3 is 2.71 bits per heavy atom. The van der Waals surface area contributed by atoms with Crippen LogP contribution >= 0.6 is 11.8 Å². The van der Waals surface area contributed by atoms with Gasteiger partial charge in [-0.3, -0.25) is 4.79 Å². The lowest BCUT2D eigenvalue weighted by Crippen LogP contribution is -2.49. The Morgan fingerprint density at radius 1 is 1.57 bits per heavy atom. The Hall–Kier alpha value is -0.230. The number of hydrogen-bond donors (Lipinski definition) is 0. The van der Waals surface area contributed by atoms with E-state index in [0.29, 0.717) is 12.3 Å². The highest BCUT2D eigenvalue weighted by Crippen LogP contribution is 2.21. The van der Waals surface area contributed by atoms with Crippen molar-refractivity contribution in [2.75, 3.05) is 23.8 Å². The maximum atomic E-state index is 11.7. The van der Waals surface area contributed by atoms with E-state index in [4.69, 9.17) is 0 Å². The molecule has 0 radical (unpaired) electrons. The standard InChI is InChI=1S/C8H15NO3S2/c1-3-14(11,12)8-6-13-5-4-9(8)7(2)10/h8H,3-6H2,1-2H3. The van der Waals surface area contributed by atoms with E-state index in [2.05, 4.69) is 0 Å². The molecule has 6 heteroatoms. The van der Waals surface area contributed by atoms with E-state index in [9.17, 15) is 13.2 Å². The molecule has 14 heavy (non-hydrogen) atoms. The number of amides is 1. The predicted octanol–water partition coefficient (Wildman–Crippen LogP) is 0.343. The van der Waals surface area contributed by atoms with Gasteiger partial charge < -0.3 is 4.90 Å². The van der Waals surface area contributed by atoms with Crippen molar-refractivity contribution in [3.63, 3.8) is 0 Å². The summed E-state index contributed by atoms with van der Waals surface area (Å²) in [5.74, 6) is 1.29. The van der Waals surface area contributed by atoms with Gasteiger partial charge >= 0.3 is 0 Å². The summed E-state index contributed by atoms with van der Waals surface area (Å²) in [6.07, 6.45) is 0. The van der Waals surface area contributed by atoms with Crippen molar-refractivity contribution in [2.45, 2.75) is 19.2 Å². The molecular formula is C8H15NO3S2. The summed E-state index contributed by atoms with van der Waals surface area (Å²) >= 11 is 1.59. The van der Waals surface area contributed by atoms with Gasteiger partial charge in [-0.15, -0.1) is 0 Å². The molecule has 0 aromatic heterocycles. The van der Waals surface area contributed by atoms with Crippen LogP contribution in [0.2, 0.25) is 0 Å². The molecule has 1 aliphatic heterocycles. The molecule has 0 aliphatic carbocycles. The third-order valence-corrected chi connectivity index (χ3v) is 5.59. The van der Waals surface area contributed by atoms with Crippen LogP contribution in [0, 0.1) is 0 Å². The minimum Gasteiger partial charge on any atom is -0.324 e. The highest BCUT2D eigenvalue weighted by molar-refractivity contribution is 8.01. The number of thioether (sulfide) groups is 1. The average Bonchev–Trinajstić information content (AvgIpc) is 2.18. The van der Waals surface area contributed by atoms with E-state index in [1.165, 1.54) is 11.8 Å². The Morgan fingerprint density at radius 2 is 2.21 bits per heavy atom. The third kappa shape index (κ3) is 2.42. The monoisotopic (exact) mass is 237 g/mol. The molecule has 1 rings (SSSR count). The average molecular weight is 237 g/mol. The molecule has 1 atom stereocenters. The van der Waals surface area contributed by atoms with Gasteiger partial charge in [0.25, 0.3) is 0 Å². The fraction of sp³-hybridized carbons (Fsp3) is 0.875. The number of nitrogens with zero attached hydrogens (tertiary/aromatic N) is 1. The first kappa shape index (κ1) is 11.8. The summed E-state index contributed by atoms with van der Waals surface area (Å²) in [5.41, 5.74) is 0. The maximum Gasteiger partial charge on any atom is 0.220 e. The fourth-order valence-electron chi connectivity index (χ4n) is 1.43. The molecular weight excluding hydrogens is 222 g/mol. The number of hydrogen-bond acceptors (Lipinski definition) is 4. The van der Waals surface area contributed by atoms with Crippen molar-refractivity contribution in [1.82, 2.24) is 4.90 Å². The van der Waals surface area contributed by atoms with Gasteiger partial charge in [-0.1, -0.05) is 6.92 Å². The van der Waals surface area contributed by atoms with Crippen molar-refractivity contribution in [2.24, 2.45) is 0 Å². The van der Waals surface area contributed by atoms with Crippen LogP contribution < -0.4 is 0 Å². The number of sulfone groups is 1. The van der Waals surface area contributed by atoms with Gasteiger partial charge in [-0.25, -0.2) is 8.42 Å². The van der Waals surface area contributed by atoms with Crippen molar-refractivity contribution in [1.29, 1.82) is 0 Å². The second-order valence-corrected chi connectivity index (χ2v) is 6.79. The number of rotatable bonds is 2. The van der Waals surface area contributed by atoms with Crippen molar-refractivity contribution in [3.8, 4) is 0 Å². The first-order chi connectivity index (χ1) is 6.49. The first-order valence-corrected chi connectivity index (χ1v) is 7.42. The second-order valence-electron chi connectivity index (χ2n) is 3.19. The molecule has 0 aromatic carbocycles. The van der Waals surface area contributed by atoms with E-state index in [1.807, 2.05) is 0 Å². The highest BCUT2D eigenvalue weighted by atomic mass is 32.2. The fourth-order valence-corrected chi connectivity index (χ4v) is 4.45. The summed E-state index contributed by atoms with van der Waals surface area (Å²) in [4.78, 5) is 12.7. The number of carbonyl (C=O) groups is 1. The van der Waals surface area contributed by atoms with Crippen LogP contribution in [0.5, 0.6) is 0 Å². The summed E-state index contributed by atoms with van der Waals surface area (Å²) < 4.78 is 23.3. The Bertz CT molecular complexity index is 313. The Balaban J connectivity index is 2.88. The first-order valence-electron chi connectivity index (χ1n) is 4.55. The zero-order chi connectivity index (χ0) is 10.8. The van der Waals surface area contributed by atoms with E-state index in [0.717, 1.165) is 5.75 Å². The Kier molecular flexibility index (Phi) is 3.83. The molecule has 0 saturated carbocycles. The van der Waals surface area contributed by atoms with Gasteiger partial charge in [-0.2, -0.15) is 11.8 Å². The van der Waals surface area contributed by atoms with Crippen molar-refractivity contribution < 1.29 is 13.2 Å². The summed E-state index contributed by atoms with van der Waals surface area (Å²) in [5, 5.41) is -0.608. The minimum atomic E-state index is -3.13. The maximum absolute atomic E-state index is 11.7. The summed E-state index contributed by atoms with van der Waals surface area (Å²) in [6.45, 7) is 3.59. The predicted molar refractivity (Wildman–Crippen MR) is 58.0 cm³/mol. The smallest absolute Gasteiger partial charge is 0.220 e. The molecule has 0 spiro atoms. The van der Waals surface area contributed by atoms with E-state index >= 15 is 0 Å². The topological polar surface area (TPSA) is 54.5 Å². The van der Waals surface area contributed by atoms with E-state index in [1.54, 1.807) is 18.7 Å². The molecule has 4 nitrogen and oxygen atoms in total. The minimum absolute atomic E-state index is 0.0992. The van der Waals surface area contributed by atoms with Crippen LogP contribution in [0.1, 0.15) is 13.8 Å².